The quantitative estimate of drug-likeness (QED) is 0.137. The third-order valence-electron chi connectivity index (χ3n) is 9.76. The number of furan rings is 1. The molecule has 7 aromatic carbocycles. The number of aliphatic imine (C=N–C) groups is 1. The number of benzene rings is 7. The molecule has 0 bridgehead atoms. The van der Waals surface area contributed by atoms with Crippen LogP contribution in [0.2, 0.25) is 0 Å². The Labute approximate surface area is 295 Å². The first-order valence-electron chi connectivity index (χ1n) is 17.1. The third kappa shape index (κ3) is 5.36. The van der Waals surface area contributed by atoms with Crippen molar-refractivity contribution < 1.29 is 4.42 Å². The molecule has 0 spiro atoms. The van der Waals surface area contributed by atoms with Gasteiger partial charge in [0.05, 0.1) is 11.0 Å². The molecule has 0 aliphatic carbocycles. The van der Waals surface area contributed by atoms with E-state index in [1.54, 1.807) is 0 Å². The lowest BCUT2D eigenvalue weighted by Gasteiger charge is -2.28. The molecule has 9 aromatic rings. The van der Waals surface area contributed by atoms with Gasteiger partial charge < -0.3 is 13.9 Å². The SMILES string of the molecule is CN(C(=N)c1cccc(-c2ccccc2)c1)C(/N=C/c1ccccc1)c1ccc(-n2c3ccccc3c3ccc4c5ccccc5oc4c32)cc1. The summed E-state index contributed by atoms with van der Waals surface area (Å²) in [5.41, 5.74) is 9.96. The Morgan fingerprint density at radius 2 is 1.31 bits per heavy atom. The standard InChI is InChI=1S/C46H34N4O/c1-49(45(47)35-18-12-17-34(29-35)32-15-6-3-7-16-32)46(48-30-31-13-4-2-5-14-31)33-23-25-36(26-24-33)50-41-21-10-8-19-37(41)39-27-28-40-38-20-9-11-22-42(38)51-44(40)43(39)50/h2-30,46-47H,1H3/b47-45?,48-30+. The van der Waals surface area contributed by atoms with Gasteiger partial charge >= 0.3 is 0 Å². The van der Waals surface area contributed by atoms with Crippen LogP contribution in [0, 0.1) is 5.41 Å². The van der Waals surface area contributed by atoms with Crippen molar-refractivity contribution in [3.8, 4) is 16.8 Å². The number of hydrogen-bond acceptors (Lipinski definition) is 3. The van der Waals surface area contributed by atoms with Crippen LogP contribution in [-0.2, 0) is 0 Å². The summed E-state index contributed by atoms with van der Waals surface area (Å²) in [6.07, 6.45) is 1.46. The molecule has 2 aromatic heterocycles. The van der Waals surface area contributed by atoms with Crippen molar-refractivity contribution in [2.24, 2.45) is 4.99 Å². The van der Waals surface area contributed by atoms with E-state index in [1.807, 2.05) is 91.0 Å². The number of nitrogens with zero attached hydrogens (tertiary/aromatic N) is 3. The minimum Gasteiger partial charge on any atom is -0.454 e. The Kier molecular flexibility index (Phi) is 7.51. The van der Waals surface area contributed by atoms with Gasteiger partial charge in [0, 0.05) is 46.1 Å². The van der Waals surface area contributed by atoms with E-state index in [4.69, 9.17) is 9.41 Å². The van der Waals surface area contributed by atoms with Gasteiger partial charge in [0.1, 0.15) is 17.6 Å². The number of rotatable bonds is 7. The van der Waals surface area contributed by atoms with E-state index in [0.29, 0.717) is 5.84 Å². The maximum atomic E-state index is 9.35. The highest BCUT2D eigenvalue weighted by Crippen LogP contribution is 2.40. The van der Waals surface area contributed by atoms with Gasteiger partial charge in [0.2, 0.25) is 0 Å². The molecule has 0 radical (unpaired) electrons. The molecule has 1 unspecified atom stereocenters. The van der Waals surface area contributed by atoms with Gasteiger partial charge in [-0.1, -0.05) is 133 Å². The Morgan fingerprint density at radius 3 is 2.12 bits per heavy atom. The van der Waals surface area contributed by atoms with E-state index in [0.717, 1.165) is 71.9 Å². The van der Waals surface area contributed by atoms with Crippen LogP contribution in [0.5, 0.6) is 0 Å². The van der Waals surface area contributed by atoms with E-state index in [9.17, 15) is 5.41 Å². The number of nitrogens with one attached hydrogen (secondary N) is 1. The lowest BCUT2D eigenvalue weighted by atomic mass is 10.0. The average molecular weight is 659 g/mol. The second kappa shape index (κ2) is 12.6. The molecule has 244 valence electrons. The van der Waals surface area contributed by atoms with Crippen LogP contribution in [0.15, 0.2) is 179 Å². The zero-order valence-electron chi connectivity index (χ0n) is 28.1. The Balaban J connectivity index is 1.14. The first-order chi connectivity index (χ1) is 25.1. The lowest BCUT2D eigenvalue weighted by molar-refractivity contribution is 0.387. The number of amidine groups is 1. The van der Waals surface area contributed by atoms with Crippen molar-refractivity contribution in [1.29, 1.82) is 5.41 Å². The molecule has 51 heavy (non-hydrogen) atoms. The highest BCUT2D eigenvalue weighted by Gasteiger charge is 2.22. The van der Waals surface area contributed by atoms with Gasteiger partial charge in [0.15, 0.2) is 5.58 Å². The van der Waals surface area contributed by atoms with Crippen molar-refractivity contribution in [2.45, 2.75) is 6.17 Å². The highest BCUT2D eigenvalue weighted by atomic mass is 16.3. The summed E-state index contributed by atoms with van der Waals surface area (Å²) >= 11 is 0. The van der Waals surface area contributed by atoms with Crippen LogP contribution in [0.3, 0.4) is 0 Å². The van der Waals surface area contributed by atoms with Crippen LogP contribution < -0.4 is 0 Å². The van der Waals surface area contributed by atoms with Gasteiger partial charge in [-0.05, 0) is 58.7 Å². The molecule has 5 nitrogen and oxygen atoms in total. The molecule has 2 heterocycles. The van der Waals surface area contributed by atoms with Gasteiger partial charge in [0.25, 0.3) is 0 Å². The van der Waals surface area contributed by atoms with Gasteiger partial charge in [-0.2, -0.15) is 0 Å². The van der Waals surface area contributed by atoms with E-state index in [1.165, 1.54) is 5.39 Å². The highest BCUT2D eigenvalue weighted by molar-refractivity contribution is 6.21. The summed E-state index contributed by atoms with van der Waals surface area (Å²) in [6.45, 7) is 0. The predicted octanol–water partition coefficient (Wildman–Crippen LogP) is 11.4. The molecule has 0 fully saturated rings. The molecule has 0 aliphatic rings. The minimum absolute atomic E-state index is 0.391. The first-order valence-corrected chi connectivity index (χ1v) is 17.1. The zero-order valence-corrected chi connectivity index (χ0v) is 28.1. The number of para-hydroxylation sites is 2. The summed E-state index contributed by atoms with van der Waals surface area (Å²) in [4.78, 5) is 7.03. The predicted molar refractivity (Wildman–Crippen MR) is 211 cm³/mol. The molecular weight excluding hydrogens is 625 g/mol. The first kappa shape index (κ1) is 30.3. The second-order valence-electron chi connectivity index (χ2n) is 12.8. The molecule has 0 saturated carbocycles. The van der Waals surface area contributed by atoms with E-state index in [-0.39, 0.29) is 0 Å². The maximum Gasteiger partial charge on any atom is 0.160 e. The molecule has 9 rings (SSSR count). The molecule has 0 amide bonds. The molecule has 5 heteroatoms. The summed E-state index contributed by atoms with van der Waals surface area (Å²) in [6, 6.07) is 58.3. The van der Waals surface area contributed by atoms with Crippen LogP contribution in [0.1, 0.15) is 22.9 Å². The average Bonchev–Trinajstić information content (AvgIpc) is 3.75. The van der Waals surface area contributed by atoms with E-state index < -0.39 is 6.17 Å². The van der Waals surface area contributed by atoms with Crippen molar-refractivity contribution in [1.82, 2.24) is 9.47 Å². The molecule has 0 saturated heterocycles. The second-order valence-corrected chi connectivity index (χ2v) is 12.8. The monoisotopic (exact) mass is 658 g/mol. The fraction of sp³-hybridized carbons (Fsp3) is 0.0435. The summed E-state index contributed by atoms with van der Waals surface area (Å²) < 4.78 is 8.87. The Morgan fingerprint density at radius 1 is 0.647 bits per heavy atom. The molecule has 1 N–H and O–H groups in total. The van der Waals surface area contributed by atoms with Crippen LogP contribution in [0.4, 0.5) is 0 Å². The van der Waals surface area contributed by atoms with Crippen LogP contribution in [0.25, 0.3) is 60.6 Å². The third-order valence-corrected chi connectivity index (χ3v) is 9.76. The van der Waals surface area contributed by atoms with Gasteiger partial charge in [-0.15, -0.1) is 0 Å². The van der Waals surface area contributed by atoms with Crippen molar-refractivity contribution >= 4 is 55.8 Å². The van der Waals surface area contributed by atoms with E-state index >= 15 is 0 Å². The number of aromatic nitrogens is 1. The fourth-order valence-electron chi connectivity index (χ4n) is 7.20. The minimum atomic E-state index is -0.438. The summed E-state index contributed by atoms with van der Waals surface area (Å²) in [5.74, 6) is 0.391. The lowest BCUT2D eigenvalue weighted by Crippen LogP contribution is -2.30. The largest absolute Gasteiger partial charge is 0.454 e. The molecule has 0 aliphatic heterocycles. The van der Waals surface area contributed by atoms with E-state index in [2.05, 4.69) is 102 Å². The molecule has 1 atom stereocenters. The summed E-state index contributed by atoms with van der Waals surface area (Å²) in [5, 5.41) is 13.9. The maximum absolute atomic E-state index is 9.35. The Hall–Kier alpha value is -6.72. The van der Waals surface area contributed by atoms with Crippen molar-refractivity contribution in [3.05, 3.63) is 187 Å². The number of hydrogen-bond donors (Lipinski definition) is 1. The summed E-state index contributed by atoms with van der Waals surface area (Å²) in [7, 11) is 1.95. The smallest absolute Gasteiger partial charge is 0.160 e. The fourth-order valence-corrected chi connectivity index (χ4v) is 7.20. The van der Waals surface area contributed by atoms with Crippen molar-refractivity contribution in [3.63, 3.8) is 0 Å². The van der Waals surface area contributed by atoms with Crippen LogP contribution >= 0.6 is 0 Å². The topological polar surface area (TPSA) is 57.5 Å². The normalized spacial score (nSPS) is 12.3. The van der Waals surface area contributed by atoms with Gasteiger partial charge in [-0.25, -0.2) is 0 Å². The van der Waals surface area contributed by atoms with Crippen molar-refractivity contribution in [2.75, 3.05) is 7.05 Å². The number of fused-ring (bicyclic) bond motifs is 7. The van der Waals surface area contributed by atoms with Gasteiger partial charge in [-0.3, -0.25) is 10.4 Å². The Bertz CT molecular complexity index is 2720. The molecular formula is C46H34N4O. The zero-order chi connectivity index (χ0) is 34.3. The van der Waals surface area contributed by atoms with Crippen LogP contribution in [-0.4, -0.2) is 28.6 Å².